The fourth-order valence-corrected chi connectivity index (χ4v) is 1.74. The van der Waals surface area contributed by atoms with Crippen LogP contribution in [0.5, 0.6) is 5.75 Å². The molecule has 0 radical (unpaired) electrons. The van der Waals surface area contributed by atoms with E-state index in [1.165, 1.54) is 0 Å². The standard InChI is InChI=1S/C13H15N3O/c1-9-15-11(8-13(14)16-9)6-10-4-3-5-12(7-10)17-2/h3-5,7-8H,6H2,1-2H3,(H2,14,15,16). The minimum absolute atomic E-state index is 0.510. The summed E-state index contributed by atoms with van der Waals surface area (Å²) in [4.78, 5) is 8.40. The zero-order chi connectivity index (χ0) is 12.3. The number of nitrogen functional groups attached to an aromatic ring is 1. The molecule has 1 aromatic carbocycles. The van der Waals surface area contributed by atoms with E-state index >= 15 is 0 Å². The van der Waals surface area contributed by atoms with Crippen LogP contribution in [0.2, 0.25) is 0 Å². The lowest BCUT2D eigenvalue weighted by Gasteiger charge is -2.05. The van der Waals surface area contributed by atoms with Crippen molar-refractivity contribution in [1.29, 1.82) is 0 Å². The third-order valence-electron chi connectivity index (χ3n) is 2.43. The molecule has 2 N–H and O–H groups in total. The number of nitrogens with two attached hydrogens (primary N) is 1. The summed E-state index contributed by atoms with van der Waals surface area (Å²) < 4.78 is 5.18. The van der Waals surface area contributed by atoms with E-state index in [4.69, 9.17) is 10.5 Å². The van der Waals surface area contributed by atoms with Gasteiger partial charge in [0.15, 0.2) is 0 Å². The second kappa shape index (κ2) is 4.82. The molecule has 0 atom stereocenters. The van der Waals surface area contributed by atoms with E-state index in [-0.39, 0.29) is 0 Å². The van der Waals surface area contributed by atoms with Crippen molar-refractivity contribution in [3.05, 3.63) is 47.4 Å². The van der Waals surface area contributed by atoms with Crippen LogP contribution < -0.4 is 10.5 Å². The largest absolute Gasteiger partial charge is 0.497 e. The third-order valence-corrected chi connectivity index (χ3v) is 2.43. The Morgan fingerprint density at radius 3 is 2.76 bits per heavy atom. The number of anilines is 1. The van der Waals surface area contributed by atoms with Gasteiger partial charge in [0.1, 0.15) is 17.4 Å². The topological polar surface area (TPSA) is 61.0 Å². The Morgan fingerprint density at radius 1 is 1.24 bits per heavy atom. The minimum Gasteiger partial charge on any atom is -0.497 e. The van der Waals surface area contributed by atoms with E-state index in [0.29, 0.717) is 11.6 Å². The highest BCUT2D eigenvalue weighted by molar-refractivity contribution is 5.35. The van der Waals surface area contributed by atoms with Crippen molar-refractivity contribution >= 4 is 5.82 Å². The first-order chi connectivity index (χ1) is 8.17. The Kier molecular flexibility index (Phi) is 3.23. The molecule has 0 bridgehead atoms. The molecule has 0 saturated carbocycles. The minimum atomic E-state index is 0.510. The summed E-state index contributed by atoms with van der Waals surface area (Å²) in [7, 11) is 1.66. The number of hydrogen-bond donors (Lipinski definition) is 1. The van der Waals surface area contributed by atoms with Crippen molar-refractivity contribution in [2.24, 2.45) is 0 Å². The molecule has 0 aliphatic rings. The van der Waals surface area contributed by atoms with E-state index < -0.39 is 0 Å². The van der Waals surface area contributed by atoms with Crippen molar-refractivity contribution in [1.82, 2.24) is 9.97 Å². The van der Waals surface area contributed by atoms with Crippen LogP contribution in [0.4, 0.5) is 5.82 Å². The molecule has 0 amide bonds. The quantitative estimate of drug-likeness (QED) is 0.874. The maximum absolute atomic E-state index is 5.69. The molecule has 4 heteroatoms. The lowest BCUT2D eigenvalue weighted by atomic mass is 10.1. The number of methoxy groups -OCH3 is 1. The smallest absolute Gasteiger partial charge is 0.127 e. The maximum Gasteiger partial charge on any atom is 0.127 e. The lowest BCUT2D eigenvalue weighted by Crippen LogP contribution is -2.01. The fourth-order valence-electron chi connectivity index (χ4n) is 1.74. The predicted octanol–water partition coefficient (Wildman–Crippen LogP) is 1.97. The Balaban J connectivity index is 2.24. The molecule has 1 aromatic heterocycles. The molecule has 1 heterocycles. The predicted molar refractivity (Wildman–Crippen MR) is 67.0 cm³/mol. The molecular formula is C13H15N3O. The first-order valence-corrected chi connectivity index (χ1v) is 5.40. The fraction of sp³-hybridized carbons (Fsp3) is 0.231. The van der Waals surface area contributed by atoms with Gasteiger partial charge in [0.2, 0.25) is 0 Å². The van der Waals surface area contributed by atoms with Gasteiger partial charge in [-0.25, -0.2) is 9.97 Å². The van der Waals surface area contributed by atoms with E-state index in [1.807, 2.05) is 31.2 Å². The molecule has 17 heavy (non-hydrogen) atoms. The summed E-state index contributed by atoms with van der Waals surface area (Å²) in [5.74, 6) is 2.06. The SMILES string of the molecule is COc1cccc(Cc2cc(N)nc(C)n2)c1. The summed E-state index contributed by atoms with van der Waals surface area (Å²) in [5.41, 5.74) is 7.75. The number of benzene rings is 1. The van der Waals surface area contributed by atoms with Crippen LogP contribution >= 0.6 is 0 Å². The van der Waals surface area contributed by atoms with Crippen molar-refractivity contribution in [3.8, 4) is 5.75 Å². The lowest BCUT2D eigenvalue weighted by molar-refractivity contribution is 0.414. The molecule has 4 nitrogen and oxygen atoms in total. The normalized spacial score (nSPS) is 10.2. The van der Waals surface area contributed by atoms with Gasteiger partial charge in [-0.05, 0) is 24.6 Å². The van der Waals surface area contributed by atoms with E-state index in [0.717, 1.165) is 23.4 Å². The van der Waals surface area contributed by atoms with Gasteiger partial charge >= 0.3 is 0 Å². The Bertz CT molecular complexity index is 506. The molecule has 0 aliphatic heterocycles. The van der Waals surface area contributed by atoms with Crippen molar-refractivity contribution in [2.45, 2.75) is 13.3 Å². The first-order valence-electron chi connectivity index (χ1n) is 5.40. The molecule has 0 fully saturated rings. The van der Waals surface area contributed by atoms with E-state index in [9.17, 15) is 0 Å². The van der Waals surface area contributed by atoms with Crippen LogP contribution in [-0.4, -0.2) is 17.1 Å². The number of hydrogen-bond acceptors (Lipinski definition) is 4. The van der Waals surface area contributed by atoms with Crippen molar-refractivity contribution in [2.75, 3.05) is 12.8 Å². The summed E-state index contributed by atoms with van der Waals surface area (Å²) in [6, 6.07) is 9.71. The molecule has 0 unspecified atom stereocenters. The first kappa shape index (κ1) is 11.4. The van der Waals surface area contributed by atoms with Gasteiger partial charge in [0.05, 0.1) is 12.8 Å². The molecule has 2 rings (SSSR count). The van der Waals surface area contributed by atoms with Crippen LogP contribution in [0, 0.1) is 6.92 Å². The molecule has 88 valence electrons. The number of aromatic nitrogens is 2. The second-order valence-corrected chi connectivity index (χ2v) is 3.86. The van der Waals surface area contributed by atoms with Crippen LogP contribution in [0.3, 0.4) is 0 Å². The third kappa shape index (κ3) is 2.93. The van der Waals surface area contributed by atoms with Crippen LogP contribution in [-0.2, 0) is 6.42 Å². The highest BCUT2D eigenvalue weighted by atomic mass is 16.5. The summed E-state index contributed by atoms with van der Waals surface area (Å²) in [5, 5.41) is 0. The maximum atomic E-state index is 5.69. The van der Waals surface area contributed by atoms with Gasteiger partial charge in [0.25, 0.3) is 0 Å². The second-order valence-electron chi connectivity index (χ2n) is 3.86. The highest BCUT2D eigenvalue weighted by Gasteiger charge is 2.02. The number of ether oxygens (including phenoxy) is 1. The zero-order valence-corrected chi connectivity index (χ0v) is 9.97. The van der Waals surface area contributed by atoms with Crippen LogP contribution in [0.1, 0.15) is 17.1 Å². The molecule has 0 aliphatic carbocycles. The van der Waals surface area contributed by atoms with Gasteiger partial charge in [-0.3, -0.25) is 0 Å². The molecule has 2 aromatic rings. The monoisotopic (exact) mass is 229 g/mol. The number of nitrogens with zero attached hydrogens (tertiary/aromatic N) is 2. The van der Waals surface area contributed by atoms with Gasteiger partial charge in [0, 0.05) is 12.5 Å². The molecule has 0 spiro atoms. The van der Waals surface area contributed by atoms with E-state index in [2.05, 4.69) is 9.97 Å². The highest BCUT2D eigenvalue weighted by Crippen LogP contribution is 2.16. The average molecular weight is 229 g/mol. The number of rotatable bonds is 3. The zero-order valence-electron chi connectivity index (χ0n) is 9.97. The van der Waals surface area contributed by atoms with Crippen LogP contribution in [0.15, 0.2) is 30.3 Å². The van der Waals surface area contributed by atoms with Crippen LogP contribution in [0.25, 0.3) is 0 Å². The average Bonchev–Trinajstić information content (AvgIpc) is 2.28. The summed E-state index contributed by atoms with van der Waals surface area (Å²) in [6.07, 6.45) is 0.727. The summed E-state index contributed by atoms with van der Waals surface area (Å²) >= 11 is 0. The van der Waals surface area contributed by atoms with Crippen molar-refractivity contribution < 1.29 is 4.74 Å². The van der Waals surface area contributed by atoms with Gasteiger partial charge < -0.3 is 10.5 Å². The Hall–Kier alpha value is -2.10. The summed E-state index contributed by atoms with van der Waals surface area (Å²) in [6.45, 7) is 1.84. The van der Waals surface area contributed by atoms with Gasteiger partial charge in [-0.15, -0.1) is 0 Å². The molecule has 0 saturated heterocycles. The van der Waals surface area contributed by atoms with Gasteiger partial charge in [-0.2, -0.15) is 0 Å². The Morgan fingerprint density at radius 2 is 2.06 bits per heavy atom. The Labute approximate surface area is 100 Å². The van der Waals surface area contributed by atoms with Crippen molar-refractivity contribution in [3.63, 3.8) is 0 Å². The molecular weight excluding hydrogens is 214 g/mol. The number of aryl methyl sites for hydroxylation is 1. The van der Waals surface area contributed by atoms with Gasteiger partial charge in [-0.1, -0.05) is 12.1 Å². The van der Waals surface area contributed by atoms with E-state index in [1.54, 1.807) is 13.2 Å².